The summed E-state index contributed by atoms with van der Waals surface area (Å²) < 4.78 is 3.49. The first kappa shape index (κ1) is 18.1. The molecular weight excluding hydrogens is 368 g/mol. The van der Waals surface area contributed by atoms with Crippen molar-refractivity contribution in [2.24, 2.45) is 7.05 Å². The van der Waals surface area contributed by atoms with Gasteiger partial charge < -0.3 is 19.1 Å². The van der Waals surface area contributed by atoms with Gasteiger partial charge in [0.05, 0.1) is 29.4 Å². The largest absolute Gasteiger partial charge is 0.388 e. The highest BCUT2D eigenvalue weighted by Gasteiger charge is 2.49. The van der Waals surface area contributed by atoms with Gasteiger partial charge in [-0.25, -0.2) is 0 Å². The molecule has 2 aliphatic rings. The van der Waals surface area contributed by atoms with Crippen LogP contribution in [0.3, 0.4) is 0 Å². The van der Waals surface area contributed by atoms with Crippen LogP contribution < -0.4 is 5.56 Å². The van der Waals surface area contributed by atoms with Crippen LogP contribution >= 0.6 is 0 Å². The second kappa shape index (κ2) is 6.56. The summed E-state index contributed by atoms with van der Waals surface area (Å²) in [7, 11) is 1.65. The number of carbonyl (C=O) groups is 1. The Morgan fingerprint density at radius 1 is 1.21 bits per heavy atom. The Kier molecular flexibility index (Phi) is 4.10. The van der Waals surface area contributed by atoms with E-state index in [1.807, 2.05) is 29.4 Å². The first-order valence-corrected chi connectivity index (χ1v) is 10.0. The van der Waals surface area contributed by atoms with Crippen molar-refractivity contribution in [1.29, 1.82) is 0 Å². The number of pyridine rings is 2. The van der Waals surface area contributed by atoms with E-state index in [4.69, 9.17) is 0 Å². The molecule has 5 heterocycles. The molecule has 0 aliphatic carbocycles. The van der Waals surface area contributed by atoms with Crippen LogP contribution in [-0.4, -0.2) is 47.7 Å². The van der Waals surface area contributed by atoms with Gasteiger partial charge in [0.25, 0.3) is 5.91 Å². The van der Waals surface area contributed by atoms with Crippen LogP contribution in [0.15, 0.2) is 53.8 Å². The van der Waals surface area contributed by atoms with Gasteiger partial charge in [0.1, 0.15) is 0 Å². The lowest BCUT2D eigenvalue weighted by Crippen LogP contribution is -2.54. The molecule has 0 spiro atoms. The highest BCUT2D eigenvalue weighted by molar-refractivity contribution is 5.94. The number of fused-ring (bicyclic) bond motifs is 3. The molecule has 29 heavy (non-hydrogen) atoms. The van der Waals surface area contributed by atoms with Crippen molar-refractivity contribution in [3.63, 3.8) is 0 Å². The zero-order chi connectivity index (χ0) is 20.2. The summed E-state index contributed by atoms with van der Waals surface area (Å²) in [6.07, 6.45) is 10.1. The van der Waals surface area contributed by atoms with Gasteiger partial charge in [0, 0.05) is 49.2 Å². The predicted molar refractivity (Wildman–Crippen MR) is 109 cm³/mol. The number of nitrogens with zero attached hydrogens (tertiary/aromatic N) is 4. The fraction of sp³-hybridized carbons (Fsp3) is 0.409. The van der Waals surface area contributed by atoms with Gasteiger partial charge in [-0.15, -0.1) is 0 Å². The van der Waals surface area contributed by atoms with E-state index >= 15 is 0 Å². The zero-order valence-electron chi connectivity index (χ0n) is 16.4. The zero-order valence-corrected chi connectivity index (χ0v) is 16.4. The maximum absolute atomic E-state index is 13.1. The summed E-state index contributed by atoms with van der Waals surface area (Å²) in [5, 5.41) is 12.5. The van der Waals surface area contributed by atoms with Gasteiger partial charge in [-0.3, -0.25) is 14.6 Å². The molecule has 0 saturated carbocycles. The van der Waals surface area contributed by atoms with Crippen LogP contribution in [0.4, 0.5) is 0 Å². The van der Waals surface area contributed by atoms with Gasteiger partial charge in [-0.1, -0.05) is 0 Å². The monoisotopic (exact) mass is 392 g/mol. The molecule has 7 heteroatoms. The molecule has 1 amide bonds. The summed E-state index contributed by atoms with van der Waals surface area (Å²) >= 11 is 0. The molecule has 5 rings (SSSR count). The van der Waals surface area contributed by atoms with Crippen LogP contribution in [0.5, 0.6) is 0 Å². The Balaban J connectivity index is 1.38. The summed E-state index contributed by atoms with van der Waals surface area (Å²) in [6, 6.07) is 7.07. The maximum Gasteiger partial charge on any atom is 0.255 e. The lowest BCUT2D eigenvalue weighted by Gasteiger charge is -2.44. The van der Waals surface area contributed by atoms with Gasteiger partial charge in [0.2, 0.25) is 5.56 Å². The number of hydrogen-bond acceptors (Lipinski definition) is 4. The number of aryl methyl sites for hydroxylation is 1. The molecule has 0 radical (unpaired) electrons. The molecule has 2 bridgehead atoms. The van der Waals surface area contributed by atoms with Gasteiger partial charge >= 0.3 is 0 Å². The number of amides is 1. The predicted octanol–water partition coefficient (Wildman–Crippen LogP) is 1.93. The fourth-order valence-electron chi connectivity index (χ4n) is 5.14. The number of aliphatic hydroxyl groups is 1. The lowest BCUT2D eigenvalue weighted by molar-refractivity contribution is -0.0533. The van der Waals surface area contributed by atoms with E-state index in [-0.39, 0.29) is 23.6 Å². The minimum atomic E-state index is -0.853. The summed E-state index contributed by atoms with van der Waals surface area (Å²) in [6.45, 7) is 0.497. The average Bonchev–Trinajstić information content (AvgIpc) is 3.22. The van der Waals surface area contributed by atoms with Crippen molar-refractivity contribution in [2.75, 3.05) is 0 Å². The van der Waals surface area contributed by atoms with E-state index in [0.29, 0.717) is 24.9 Å². The van der Waals surface area contributed by atoms with Crippen LogP contribution in [0.2, 0.25) is 0 Å². The third kappa shape index (κ3) is 3.06. The molecule has 0 unspecified atom stereocenters. The molecule has 0 aromatic carbocycles. The van der Waals surface area contributed by atoms with Crippen molar-refractivity contribution in [2.45, 2.75) is 49.9 Å². The van der Waals surface area contributed by atoms with Gasteiger partial charge in [-0.2, -0.15) is 0 Å². The second-order valence-corrected chi connectivity index (χ2v) is 8.48. The minimum Gasteiger partial charge on any atom is -0.388 e. The first-order valence-electron chi connectivity index (χ1n) is 10.0. The molecule has 7 nitrogen and oxygen atoms in total. The molecule has 3 aromatic rings. The average molecular weight is 392 g/mol. The van der Waals surface area contributed by atoms with Crippen molar-refractivity contribution >= 4 is 16.8 Å². The van der Waals surface area contributed by atoms with Gasteiger partial charge in [0.15, 0.2) is 0 Å². The maximum atomic E-state index is 13.1. The normalized spacial score (nSPS) is 26.2. The minimum absolute atomic E-state index is 0.0171. The number of piperidine rings is 1. The van der Waals surface area contributed by atoms with Crippen molar-refractivity contribution < 1.29 is 9.90 Å². The SMILES string of the molecule is Cn1cc(C(=O)N2[C@H]3CC[C@H]2CC(O)(Cn2ccc4ccncc42)C3)ccc1=O. The molecular formula is C22H24N4O3. The number of rotatable bonds is 3. The summed E-state index contributed by atoms with van der Waals surface area (Å²) in [4.78, 5) is 30.9. The van der Waals surface area contributed by atoms with Crippen molar-refractivity contribution in [3.8, 4) is 0 Å². The molecule has 150 valence electrons. The Hall–Kier alpha value is -2.93. The highest BCUT2D eigenvalue weighted by Crippen LogP contribution is 2.42. The highest BCUT2D eigenvalue weighted by atomic mass is 16.3. The topological polar surface area (TPSA) is 80.4 Å². The van der Waals surface area contributed by atoms with Crippen LogP contribution in [-0.2, 0) is 13.6 Å². The van der Waals surface area contributed by atoms with E-state index in [0.717, 1.165) is 23.7 Å². The third-order valence-corrected chi connectivity index (χ3v) is 6.46. The molecule has 2 atom stereocenters. The van der Waals surface area contributed by atoms with E-state index < -0.39 is 5.60 Å². The molecule has 2 saturated heterocycles. The van der Waals surface area contributed by atoms with Crippen molar-refractivity contribution in [1.82, 2.24) is 19.0 Å². The fourth-order valence-corrected chi connectivity index (χ4v) is 5.14. The Morgan fingerprint density at radius 2 is 1.97 bits per heavy atom. The second-order valence-electron chi connectivity index (χ2n) is 8.48. The Bertz CT molecular complexity index is 1130. The van der Waals surface area contributed by atoms with E-state index in [9.17, 15) is 14.7 Å². The van der Waals surface area contributed by atoms with E-state index in [1.54, 1.807) is 25.5 Å². The number of aromatic nitrogens is 3. The van der Waals surface area contributed by atoms with Crippen LogP contribution in [0.25, 0.3) is 10.9 Å². The first-order chi connectivity index (χ1) is 13.9. The van der Waals surface area contributed by atoms with Crippen LogP contribution in [0, 0.1) is 0 Å². The molecule has 2 aliphatic heterocycles. The number of hydrogen-bond donors (Lipinski definition) is 1. The summed E-state index contributed by atoms with van der Waals surface area (Å²) in [5.74, 6) is -0.0502. The van der Waals surface area contributed by atoms with Crippen LogP contribution in [0.1, 0.15) is 36.0 Å². The Labute approximate surface area is 168 Å². The molecule has 1 N–H and O–H groups in total. The smallest absolute Gasteiger partial charge is 0.255 e. The third-order valence-electron chi connectivity index (χ3n) is 6.46. The Morgan fingerprint density at radius 3 is 2.69 bits per heavy atom. The van der Waals surface area contributed by atoms with Gasteiger partial charge in [-0.05, 0) is 43.9 Å². The van der Waals surface area contributed by atoms with E-state index in [1.165, 1.54) is 10.6 Å². The number of carbonyl (C=O) groups excluding carboxylic acids is 1. The quantitative estimate of drug-likeness (QED) is 0.739. The van der Waals surface area contributed by atoms with E-state index in [2.05, 4.69) is 9.55 Å². The molecule has 2 fully saturated rings. The standard InChI is InChI=1S/C22H24N4O3/c1-24-13-16(2-5-20(24)27)21(28)26-17-3-4-18(26)11-22(29,10-17)14-25-9-7-15-6-8-23-12-19(15)25/h2,5-9,12-13,17-18,29H,3-4,10-11,14H2,1H3/t17-,18-/m0/s1. The lowest BCUT2D eigenvalue weighted by atomic mass is 9.85. The van der Waals surface area contributed by atoms with Crippen molar-refractivity contribution in [3.05, 3.63) is 65.0 Å². The summed E-state index contributed by atoms with van der Waals surface area (Å²) in [5.41, 5.74) is 0.549. The molecule has 3 aromatic heterocycles.